The predicted molar refractivity (Wildman–Crippen MR) is 82.5 cm³/mol. The molecule has 1 aliphatic heterocycles. The number of hydrogen-bond donors (Lipinski definition) is 1. The Morgan fingerprint density at radius 1 is 1.38 bits per heavy atom. The number of ether oxygens (including phenoxy) is 1. The average molecular weight is 294 g/mol. The van der Waals surface area contributed by atoms with E-state index in [-0.39, 0.29) is 11.2 Å². The zero-order valence-electron chi connectivity index (χ0n) is 13.0. The molecule has 0 aromatic carbocycles. The lowest BCUT2D eigenvalue weighted by molar-refractivity contribution is 0.176. The number of rotatable bonds is 6. The SMILES string of the molecule is COCCCn1cc(O)c(=O)cc1CN1CCC(C)CC1. The van der Waals surface area contributed by atoms with Crippen LogP contribution in [0.4, 0.5) is 0 Å². The number of piperidine rings is 1. The molecule has 21 heavy (non-hydrogen) atoms. The van der Waals surface area contributed by atoms with Crippen molar-refractivity contribution in [3.63, 3.8) is 0 Å². The molecule has 1 aromatic rings. The summed E-state index contributed by atoms with van der Waals surface area (Å²) in [6.07, 6.45) is 4.85. The van der Waals surface area contributed by atoms with Crippen molar-refractivity contribution in [1.29, 1.82) is 0 Å². The van der Waals surface area contributed by atoms with Crippen LogP contribution in [0.1, 0.15) is 31.9 Å². The lowest BCUT2D eigenvalue weighted by atomic mass is 9.99. The highest BCUT2D eigenvalue weighted by Crippen LogP contribution is 2.18. The maximum atomic E-state index is 11.7. The molecule has 1 saturated heterocycles. The topological polar surface area (TPSA) is 54.7 Å². The molecule has 0 saturated carbocycles. The molecule has 0 atom stereocenters. The number of likely N-dealkylation sites (tertiary alicyclic amines) is 1. The van der Waals surface area contributed by atoms with Crippen LogP contribution in [0.15, 0.2) is 17.1 Å². The van der Waals surface area contributed by atoms with E-state index in [0.717, 1.165) is 44.2 Å². The summed E-state index contributed by atoms with van der Waals surface area (Å²) < 4.78 is 7.05. The van der Waals surface area contributed by atoms with Gasteiger partial charge in [-0.15, -0.1) is 0 Å². The molecular formula is C16H26N2O3. The molecule has 1 aliphatic rings. The van der Waals surface area contributed by atoms with Crippen LogP contribution in [0.25, 0.3) is 0 Å². The van der Waals surface area contributed by atoms with Gasteiger partial charge >= 0.3 is 0 Å². The van der Waals surface area contributed by atoms with Gasteiger partial charge in [-0.05, 0) is 38.3 Å². The third kappa shape index (κ3) is 4.58. The van der Waals surface area contributed by atoms with Gasteiger partial charge in [-0.25, -0.2) is 0 Å². The minimum absolute atomic E-state index is 0.177. The van der Waals surface area contributed by atoms with Gasteiger partial charge in [-0.2, -0.15) is 0 Å². The van der Waals surface area contributed by atoms with E-state index in [1.807, 2.05) is 4.57 Å². The molecule has 118 valence electrons. The van der Waals surface area contributed by atoms with Gasteiger partial charge in [0.05, 0.1) is 6.20 Å². The summed E-state index contributed by atoms with van der Waals surface area (Å²) >= 11 is 0. The molecule has 2 rings (SSSR count). The summed E-state index contributed by atoms with van der Waals surface area (Å²) in [5, 5.41) is 9.64. The molecule has 0 aliphatic carbocycles. The van der Waals surface area contributed by atoms with E-state index in [1.165, 1.54) is 12.8 Å². The minimum Gasteiger partial charge on any atom is -0.503 e. The molecule has 0 spiro atoms. The Bertz CT molecular complexity index is 505. The monoisotopic (exact) mass is 294 g/mol. The third-order valence-corrected chi connectivity index (χ3v) is 4.21. The molecule has 5 heteroatoms. The Morgan fingerprint density at radius 3 is 2.76 bits per heavy atom. The van der Waals surface area contributed by atoms with Gasteiger partial charge in [-0.1, -0.05) is 6.92 Å². The Kier molecular flexibility index (Phi) is 5.82. The smallest absolute Gasteiger partial charge is 0.223 e. The number of hydrogen-bond acceptors (Lipinski definition) is 4. The normalized spacial score (nSPS) is 17.2. The largest absolute Gasteiger partial charge is 0.503 e. The standard InChI is InChI=1S/C16H26N2O3/c1-13-4-7-17(8-5-13)11-14-10-15(19)16(20)12-18(14)6-3-9-21-2/h10,12-13,20H,3-9,11H2,1-2H3. The molecule has 5 nitrogen and oxygen atoms in total. The minimum atomic E-state index is -0.293. The average Bonchev–Trinajstić information content (AvgIpc) is 2.46. The van der Waals surface area contributed by atoms with E-state index in [2.05, 4.69) is 11.8 Å². The highest BCUT2D eigenvalue weighted by molar-refractivity contribution is 5.20. The Labute approximate surface area is 126 Å². The van der Waals surface area contributed by atoms with E-state index in [9.17, 15) is 9.90 Å². The predicted octanol–water partition coefficient (Wildman–Crippen LogP) is 1.82. The lowest BCUT2D eigenvalue weighted by Gasteiger charge is -2.31. The molecule has 0 bridgehead atoms. The van der Waals surface area contributed by atoms with Crippen molar-refractivity contribution in [3.8, 4) is 5.75 Å². The Morgan fingerprint density at radius 2 is 2.10 bits per heavy atom. The third-order valence-electron chi connectivity index (χ3n) is 4.21. The van der Waals surface area contributed by atoms with Crippen LogP contribution >= 0.6 is 0 Å². The van der Waals surface area contributed by atoms with Crippen LogP contribution in [0.5, 0.6) is 5.75 Å². The molecule has 1 N–H and O–H groups in total. The van der Waals surface area contributed by atoms with E-state index >= 15 is 0 Å². The van der Waals surface area contributed by atoms with E-state index in [1.54, 1.807) is 19.4 Å². The Balaban J connectivity index is 2.08. The fourth-order valence-corrected chi connectivity index (χ4v) is 2.78. The molecule has 0 unspecified atom stereocenters. The number of aromatic hydroxyl groups is 1. The van der Waals surface area contributed by atoms with Gasteiger partial charge in [-0.3, -0.25) is 9.69 Å². The van der Waals surface area contributed by atoms with Crippen molar-refractivity contribution < 1.29 is 9.84 Å². The number of aryl methyl sites for hydroxylation is 1. The van der Waals surface area contributed by atoms with Crippen molar-refractivity contribution in [3.05, 3.63) is 28.2 Å². The highest BCUT2D eigenvalue weighted by Gasteiger charge is 2.17. The highest BCUT2D eigenvalue weighted by atomic mass is 16.5. The van der Waals surface area contributed by atoms with Crippen LogP contribution in [0.2, 0.25) is 0 Å². The van der Waals surface area contributed by atoms with Crippen LogP contribution in [-0.2, 0) is 17.8 Å². The Hall–Kier alpha value is -1.33. The van der Waals surface area contributed by atoms with Gasteiger partial charge in [0.25, 0.3) is 0 Å². The van der Waals surface area contributed by atoms with Gasteiger partial charge in [0.1, 0.15) is 0 Å². The van der Waals surface area contributed by atoms with Gasteiger partial charge in [0.15, 0.2) is 5.75 Å². The molecule has 2 heterocycles. The first-order valence-corrected chi connectivity index (χ1v) is 7.73. The first-order valence-electron chi connectivity index (χ1n) is 7.73. The molecule has 1 fully saturated rings. The van der Waals surface area contributed by atoms with E-state index in [4.69, 9.17) is 4.74 Å². The van der Waals surface area contributed by atoms with Crippen molar-refractivity contribution in [2.24, 2.45) is 5.92 Å². The molecule has 0 amide bonds. The van der Waals surface area contributed by atoms with Crippen molar-refractivity contribution >= 4 is 0 Å². The summed E-state index contributed by atoms with van der Waals surface area (Å²) in [6, 6.07) is 1.57. The van der Waals surface area contributed by atoms with Crippen molar-refractivity contribution in [1.82, 2.24) is 9.47 Å². The van der Waals surface area contributed by atoms with Crippen molar-refractivity contribution in [2.75, 3.05) is 26.8 Å². The second-order valence-electron chi connectivity index (χ2n) is 6.01. The zero-order valence-corrected chi connectivity index (χ0v) is 13.0. The second kappa shape index (κ2) is 7.61. The summed E-state index contributed by atoms with van der Waals surface area (Å²) in [5.74, 6) is 0.619. The quantitative estimate of drug-likeness (QED) is 0.813. The van der Waals surface area contributed by atoms with Crippen LogP contribution < -0.4 is 5.43 Å². The van der Waals surface area contributed by atoms with Gasteiger partial charge < -0.3 is 14.4 Å². The number of aromatic nitrogens is 1. The van der Waals surface area contributed by atoms with Gasteiger partial charge in [0, 0.05) is 38.6 Å². The van der Waals surface area contributed by atoms with Crippen LogP contribution in [0.3, 0.4) is 0 Å². The van der Waals surface area contributed by atoms with Gasteiger partial charge in [0.2, 0.25) is 5.43 Å². The van der Waals surface area contributed by atoms with E-state index in [0.29, 0.717) is 6.61 Å². The maximum absolute atomic E-state index is 11.7. The van der Waals surface area contributed by atoms with E-state index < -0.39 is 0 Å². The molecular weight excluding hydrogens is 268 g/mol. The lowest BCUT2D eigenvalue weighted by Crippen LogP contribution is -2.33. The number of methoxy groups -OCH3 is 1. The summed E-state index contributed by atoms with van der Waals surface area (Å²) in [7, 11) is 1.68. The fraction of sp³-hybridized carbons (Fsp3) is 0.688. The van der Waals surface area contributed by atoms with Crippen molar-refractivity contribution in [2.45, 2.75) is 39.3 Å². The summed E-state index contributed by atoms with van der Waals surface area (Å²) in [5.41, 5.74) is 0.682. The first-order chi connectivity index (χ1) is 10.1. The fourth-order valence-electron chi connectivity index (χ4n) is 2.78. The maximum Gasteiger partial charge on any atom is 0.223 e. The van der Waals surface area contributed by atoms with Crippen LogP contribution in [-0.4, -0.2) is 41.4 Å². The molecule has 1 aromatic heterocycles. The zero-order chi connectivity index (χ0) is 15.2. The summed E-state index contributed by atoms with van der Waals surface area (Å²) in [6.45, 7) is 6.64. The number of nitrogens with zero attached hydrogens (tertiary/aromatic N) is 2. The second-order valence-corrected chi connectivity index (χ2v) is 6.01. The van der Waals surface area contributed by atoms with Crippen LogP contribution in [0, 0.1) is 5.92 Å². The molecule has 0 radical (unpaired) electrons. The first kappa shape index (κ1) is 16.0. The summed E-state index contributed by atoms with van der Waals surface area (Å²) in [4.78, 5) is 14.1. The number of pyridine rings is 1.